The number of hydrogen-bond donors (Lipinski definition) is 0. The summed E-state index contributed by atoms with van der Waals surface area (Å²) < 4.78 is 11.2. The summed E-state index contributed by atoms with van der Waals surface area (Å²) in [6.07, 6.45) is 0.973. The van der Waals surface area contributed by atoms with E-state index >= 15 is 0 Å². The van der Waals surface area contributed by atoms with Crippen molar-refractivity contribution in [2.24, 2.45) is 5.92 Å². The lowest BCUT2D eigenvalue weighted by Crippen LogP contribution is -2.29. The fraction of sp³-hybridized carbons (Fsp3) is 0.538. The van der Waals surface area contributed by atoms with Gasteiger partial charge in [-0.1, -0.05) is 25.1 Å². The number of benzene rings is 1. The SMILES string of the molecule is COc1ccccc1[C@@H]1OCC[C@H](Cl)[C@@H]1C. The zero-order chi connectivity index (χ0) is 11.5. The molecule has 1 aromatic rings. The van der Waals surface area contributed by atoms with Gasteiger partial charge in [-0.3, -0.25) is 0 Å². The standard InChI is InChI=1S/C13H17ClO2/c1-9-11(14)7-8-16-13(9)10-5-3-4-6-12(10)15-2/h3-6,9,11,13H,7-8H2,1-2H3/t9-,11-,13+/m0/s1. The summed E-state index contributed by atoms with van der Waals surface area (Å²) in [7, 11) is 1.69. The zero-order valence-corrected chi connectivity index (χ0v) is 10.4. The van der Waals surface area contributed by atoms with Crippen LogP contribution in [0.25, 0.3) is 0 Å². The molecule has 3 heteroatoms. The molecule has 16 heavy (non-hydrogen) atoms. The van der Waals surface area contributed by atoms with Crippen LogP contribution in [0.5, 0.6) is 5.75 Å². The molecule has 0 N–H and O–H groups in total. The Bertz CT molecular complexity index is 354. The summed E-state index contributed by atoms with van der Waals surface area (Å²) >= 11 is 6.29. The molecule has 0 amide bonds. The summed E-state index contributed by atoms with van der Waals surface area (Å²) in [5, 5.41) is 0.184. The highest BCUT2D eigenvalue weighted by atomic mass is 35.5. The van der Waals surface area contributed by atoms with E-state index in [2.05, 4.69) is 13.0 Å². The van der Waals surface area contributed by atoms with Crippen molar-refractivity contribution in [3.8, 4) is 5.75 Å². The maximum atomic E-state index is 6.29. The Morgan fingerprint density at radius 2 is 2.12 bits per heavy atom. The third-order valence-corrected chi connectivity index (χ3v) is 3.80. The van der Waals surface area contributed by atoms with Crippen LogP contribution in [-0.4, -0.2) is 19.1 Å². The Morgan fingerprint density at radius 3 is 2.88 bits per heavy atom. The first-order chi connectivity index (χ1) is 7.74. The van der Waals surface area contributed by atoms with E-state index in [1.165, 1.54) is 0 Å². The zero-order valence-electron chi connectivity index (χ0n) is 9.65. The molecule has 0 unspecified atom stereocenters. The Morgan fingerprint density at radius 1 is 1.38 bits per heavy atom. The van der Waals surface area contributed by atoms with Crippen molar-refractivity contribution >= 4 is 11.6 Å². The van der Waals surface area contributed by atoms with E-state index in [0.717, 1.165) is 24.3 Å². The van der Waals surface area contributed by atoms with Gasteiger partial charge < -0.3 is 9.47 Å². The predicted octanol–water partition coefficient (Wildman–Crippen LogP) is 3.40. The van der Waals surface area contributed by atoms with Gasteiger partial charge >= 0.3 is 0 Å². The third-order valence-electron chi connectivity index (χ3n) is 3.18. The summed E-state index contributed by atoms with van der Waals surface area (Å²) in [6, 6.07) is 7.98. The fourth-order valence-electron chi connectivity index (χ4n) is 2.19. The van der Waals surface area contributed by atoms with Gasteiger partial charge in [0.25, 0.3) is 0 Å². The number of para-hydroxylation sites is 1. The van der Waals surface area contributed by atoms with Gasteiger partial charge in [0, 0.05) is 23.5 Å². The van der Waals surface area contributed by atoms with Gasteiger partial charge in [0.15, 0.2) is 0 Å². The first kappa shape index (κ1) is 11.7. The van der Waals surface area contributed by atoms with Crippen molar-refractivity contribution in [1.29, 1.82) is 0 Å². The molecule has 0 aromatic heterocycles. The number of hydrogen-bond acceptors (Lipinski definition) is 2. The van der Waals surface area contributed by atoms with E-state index in [1.54, 1.807) is 7.11 Å². The molecule has 2 rings (SSSR count). The summed E-state index contributed by atoms with van der Waals surface area (Å²) in [6.45, 7) is 2.86. The molecule has 0 bridgehead atoms. The predicted molar refractivity (Wildman–Crippen MR) is 65.1 cm³/mol. The molecule has 1 aliphatic rings. The third kappa shape index (κ3) is 2.18. The van der Waals surface area contributed by atoms with Gasteiger partial charge in [0.05, 0.1) is 13.2 Å². The number of methoxy groups -OCH3 is 1. The van der Waals surface area contributed by atoms with Gasteiger partial charge in [-0.05, 0) is 12.5 Å². The molecule has 1 heterocycles. The fourth-order valence-corrected chi connectivity index (χ4v) is 2.41. The largest absolute Gasteiger partial charge is 0.496 e. The lowest BCUT2D eigenvalue weighted by molar-refractivity contribution is -0.0207. The number of rotatable bonds is 2. The average molecular weight is 241 g/mol. The average Bonchev–Trinajstić information content (AvgIpc) is 2.33. The van der Waals surface area contributed by atoms with Crippen LogP contribution in [0.1, 0.15) is 25.0 Å². The highest BCUT2D eigenvalue weighted by Crippen LogP contribution is 2.39. The molecule has 2 nitrogen and oxygen atoms in total. The van der Waals surface area contributed by atoms with E-state index in [1.807, 2.05) is 18.2 Å². The van der Waals surface area contributed by atoms with Crippen molar-refractivity contribution in [3.05, 3.63) is 29.8 Å². The minimum Gasteiger partial charge on any atom is -0.496 e. The molecule has 0 saturated carbocycles. The lowest BCUT2D eigenvalue weighted by atomic mass is 9.90. The van der Waals surface area contributed by atoms with Gasteiger partial charge in [0.1, 0.15) is 5.75 Å². The molecule has 0 radical (unpaired) electrons. The highest BCUT2D eigenvalue weighted by Gasteiger charge is 2.32. The van der Waals surface area contributed by atoms with Crippen molar-refractivity contribution < 1.29 is 9.47 Å². The Kier molecular flexibility index (Phi) is 3.72. The second-order valence-electron chi connectivity index (χ2n) is 4.20. The van der Waals surface area contributed by atoms with Crippen LogP contribution in [0, 0.1) is 5.92 Å². The van der Waals surface area contributed by atoms with Gasteiger partial charge in [-0.2, -0.15) is 0 Å². The van der Waals surface area contributed by atoms with Gasteiger partial charge in [0.2, 0.25) is 0 Å². The molecule has 88 valence electrons. The van der Waals surface area contributed by atoms with E-state index in [4.69, 9.17) is 21.1 Å². The maximum Gasteiger partial charge on any atom is 0.124 e. The van der Waals surface area contributed by atoms with Crippen LogP contribution in [0.15, 0.2) is 24.3 Å². The van der Waals surface area contributed by atoms with Crippen LogP contribution in [0.4, 0.5) is 0 Å². The normalized spacial score (nSPS) is 30.1. The molecule has 1 aromatic carbocycles. The first-order valence-corrected chi connectivity index (χ1v) is 6.06. The van der Waals surface area contributed by atoms with Crippen LogP contribution >= 0.6 is 11.6 Å². The minimum atomic E-state index is 0.0485. The van der Waals surface area contributed by atoms with Crippen molar-refractivity contribution in [1.82, 2.24) is 0 Å². The van der Waals surface area contributed by atoms with Crippen LogP contribution in [0.3, 0.4) is 0 Å². The first-order valence-electron chi connectivity index (χ1n) is 5.62. The highest BCUT2D eigenvalue weighted by molar-refractivity contribution is 6.20. The molecule has 3 atom stereocenters. The topological polar surface area (TPSA) is 18.5 Å². The smallest absolute Gasteiger partial charge is 0.124 e. The summed E-state index contributed by atoms with van der Waals surface area (Å²) in [4.78, 5) is 0. The van der Waals surface area contributed by atoms with E-state index < -0.39 is 0 Å². The minimum absolute atomic E-state index is 0.0485. The second kappa shape index (κ2) is 5.07. The van der Waals surface area contributed by atoms with Crippen molar-refractivity contribution in [3.63, 3.8) is 0 Å². The number of ether oxygens (including phenoxy) is 2. The van der Waals surface area contributed by atoms with Crippen LogP contribution in [0.2, 0.25) is 0 Å². The monoisotopic (exact) mass is 240 g/mol. The molecule has 0 aliphatic carbocycles. The van der Waals surface area contributed by atoms with E-state index in [9.17, 15) is 0 Å². The lowest BCUT2D eigenvalue weighted by Gasteiger charge is -2.33. The van der Waals surface area contributed by atoms with Gasteiger partial charge in [-0.15, -0.1) is 11.6 Å². The molecule has 1 aliphatic heterocycles. The number of alkyl halides is 1. The van der Waals surface area contributed by atoms with Crippen molar-refractivity contribution in [2.45, 2.75) is 24.8 Å². The van der Waals surface area contributed by atoms with Crippen LogP contribution < -0.4 is 4.74 Å². The molecular weight excluding hydrogens is 224 g/mol. The number of halogens is 1. The Labute approximate surface area is 102 Å². The molecular formula is C13H17ClO2. The second-order valence-corrected chi connectivity index (χ2v) is 4.76. The Balaban J connectivity index is 2.28. The molecule has 1 saturated heterocycles. The molecule has 1 fully saturated rings. The van der Waals surface area contributed by atoms with Gasteiger partial charge in [-0.25, -0.2) is 0 Å². The quantitative estimate of drug-likeness (QED) is 0.738. The summed E-state index contributed by atoms with van der Waals surface area (Å²) in [5.41, 5.74) is 1.10. The summed E-state index contributed by atoms with van der Waals surface area (Å²) in [5.74, 6) is 1.19. The van der Waals surface area contributed by atoms with E-state index in [0.29, 0.717) is 5.92 Å². The van der Waals surface area contributed by atoms with Crippen LogP contribution in [-0.2, 0) is 4.74 Å². The maximum absolute atomic E-state index is 6.29. The molecule has 0 spiro atoms. The van der Waals surface area contributed by atoms with Crippen molar-refractivity contribution in [2.75, 3.05) is 13.7 Å². The Hall–Kier alpha value is -0.730. The van der Waals surface area contributed by atoms with E-state index in [-0.39, 0.29) is 11.5 Å².